The van der Waals surface area contributed by atoms with Gasteiger partial charge in [-0.3, -0.25) is 14.3 Å². The Labute approximate surface area is 194 Å². The zero-order valence-corrected chi connectivity index (χ0v) is 19.7. The minimum absolute atomic E-state index is 0.172. The van der Waals surface area contributed by atoms with Crippen molar-refractivity contribution in [2.75, 3.05) is 52.3 Å². The van der Waals surface area contributed by atoms with Crippen LogP contribution in [-0.4, -0.2) is 81.6 Å². The van der Waals surface area contributed by atoms with Gasteiger partial charge in [-0.2, -0.15) is 4.98 Å². The van der Waals surface area contributed by atoms with Gasteiger partial charge in [0.05, 0.1) is 36.7 Å². The fourth-order valence-electron chi connectivity index (χ4n) is 5.09. The molecule has 0 radical (unpaired) electrons. The van der Waals surface area contributed by atoms with E-state index in [4.69, 9.17) is 19.7 Å². The predicted octanol–water partition coefficient (Wildman–Crippen LogP) is 1.89. The van der Waals surface area contributed by atoms with Crippen LogP contribution in [0.15, 0.2) is 24.5 Å². The number of aryl methyl sites for hydroxylation is 1. The average molecular weight is 452 g/mol. The summed E-state index contributed by atoms with van der Waals surface area (Å²) in [7, 11) is 5.88. The molecule has 1 atom stereocenters. The summed E-state index contributed by atoms with van der Waals surface area (Å²) in [5.41, 5.74) is 4.82. The number of likely N-dealkylation sites (N-methyl/N-ethyl adjacent to an activating group) is 1. The number of piperazine rings is 1. The molecule has 3 aromatic rings. The van der Waals surface area contributed by atoms with Gasteiger partial charge in [-0.15, -0.1) is 0 Å². The summed E-state index contributed by atoms with van der Waals surface area (Å²) in [5.74, 6) is 1.26. The van der Waals surface area contributed by atoms with Crippen molar-refractivity contribution in [1.82, 2.24) is 29.2 Å². The molecular weight excluding hydrogens is 418 g/mol. The van der Waals surface area contributed by atoms with Crippen molar-refractivity contribution >= 4 is 11.6 Å². The number of anilines is 1. The summed E-state index contributed by atoms with van der Waals surface area (Å²) in [5, 5.41) is 10.1. The van der Waals surface area contributed by atoms with E-state index in [1.807, 2.05) is 16.7 Å². The second-order valence-electron chi connectivity index (χ2n) is 9.14. The van der Waals surface area contributed by atoms with Gasteiger partial charge in [0.25, 0.3) is 0 Å². The van der Waals surface area contributed by atoms with E-state index in [0.717, 1.165) is 50.7 Å². The van der Waals surface area contributed by atoms with Crippen LogP contribution in [0.2, 0.25) is 0 Å². The number of aliphatic hydroxyl groups is 1. The smallest absolute Gasteiger partial charge is 0.225 e. The lowest BCUT2D eigenvalue weighted by Gasteiger charge is -2.33. The topological polar surface area (TPSA) is 82.3 Å². The molecule has 2 aliphatic rings. The van der Waals surface area contributed by atoms with Gasteiger partial charge in [0.1, 0.15) is 0 Å². The molecule has 1 fully saturated rings. The minimum atomic E-state index is -0.172. The van der Waals surface area contributed by atoms with Crippen molar-refractivity contribution in [3.05, 3.63) is 47.0 Å². The molecule has 1 saturated heterocycles. The van der Waals surface area contributed by atoms with Crippen LogP contribution in [-0.2, 0) is 19.6 Å². The third kappa shape index (κ3) is 4.16. The maximum Gasteiger partial charge on any atom is 0.225 e. The number of rotatable bonds is 6. The van der Waals surface area contributed by atoms with E-state index in [9.17, 15) is 5.11 Å². The number of aromatic nitrogens is 4. The van der Waals surface area contributed by atoms with E-state index in [1.165, 1.54) is 17.7 Å². The maximum absolute atomic E-state index is 10.1. The number of aliphatic hydroxyl groups excluding tert-OH is 1. The van der Waals surface area contributed by atoms with Gasteiger partial charge in [-0.25, -0.2) is 4.98 Å². The van der Waals surface area contributed by atoms with Gasteiger partial charge in [0, 0.05) is 45.1 Å². The standard InChI is InChI=1S/C24H33N7O2/c1-28-10-12-30(13-11-28)24-27-23(33-3)19(16-32)22-26-18(15-31(22)24)14-29(2)20-8-4-6-17-7-5-9-25-21(17)20/h5,7,9,15,20,32H,4,6,8,10-14,16H2,1-3H3. The zero-order chi connectivity index (χ0) is 22.9. The molecule has 33 heavy (non-hydrogen) atoms. The van der Waals surface area contributed by atoms with Gasteiger partial charge < -0.3 is 19.6 Å². The summed E-state index contributed by atoms with van der Waals surface area (Å²) >= 11 is 0. The molecule has 5 rings (SSSR count). The molecule has 0 aromatic carbocycles. The van der Waals surface area contributed by atoms with Crippen molar-refractivity contribution in [3.63, 3.8) is 0 Å². The van der Waals surface area contributed by atoms with Crippen molar-refractivity contribution in [3.8, 4) is 5.88 Å². The normalized spacial score (nSPS) is 19.3. The Morgan fingerprint density at radius 1 is 1.21 bits per heavy atom. The van der Waals surface area contributed by atoms with E-state index >= 15 is 0 Å². The minimum Gasteiger partial charge on any atom is -0.481 e. The van der Waals surface area contributed by atoms with Crippen LogP contribution in [0.4, 0.5) is 5.95 Å². The van der Waals surface area contributed by atoms with E-state index in [2.05, 4.69) is 41.1 Å². The Kier molecular flexibility index (Phi) is 6.18. The first-order chi connectivity index (χ1) is 16.1. The Hall–Kier alpha value is -2.75. The summed E-state index contributed by atoms with van der Waals surface area (Å²) in [6.07, 6.45) is 7.32. The van der Waals surface area contributed by atoms with Gasteiger partial charge in [0.15, 0.2) is 5.65 Å². The molecule has 3 aromatic heterocycles. The van der Waals surface area contributed by atoms with Crippen LogP contribution in [0.1, 0.15) is 41.4 Å². The summed E-state index contributed by atoms with van der Waals surface area (Å²) in [4.78, 5) is 21.3. The second kappa shape index (κ2) is 9.24. The SMILES string of the molecule is COc1nc(N2CCN(C)CC2)n2cc(CN(C)C3CCCc4cccnc43)nc2c1CO. The highest BCUT2D eigenvalue weighted by Gasteiger charge is 2.27. The second-order valence-corrected chi connectivity index (χ2v) is 9.14. The number of imidazole rings is 1. The first kappa shape index (κ1) is 22.1. The summed E-state index contributed by atoms with van der Waals surface area (Å²) in [6.45, 7) is 4.25. The molecule has 0 bridgehead atoms. The largest absolute Gasteiger partial charge is 0.481 e. The first-order valence-electron chi connectivity index (χ1n) is 11.7. The lowest BCUT2D eigenvalue weighted by molar-refractivity contribution is 0.206. The van der Waals surface area contributed by atoms with Gasteiger partial charge in [-0.05, 0) is 45.0 Å². The Morgan fingerprint density at radius 2 is 2.03 bits per heavy atom. The van der Waals surface area contributed by atoms with E-state index in [0.29, 0.717) is 23.6 Å². The number of fused-ring (bicyclic) bond motifs is 2. The van der Waals surface area contributed by atoms with Crippen molar-refractivity contribution in [2.24, 2.45) is 0 Å². The average Bonchev–Trinajstić information content (AvgIpc) is 3.26. The number of ether oxygens (including phenoxy) is 1. The number of pyridine rings is 1. The fraction of sp³-hybridized carbons (Fsp3) is 0.542. The number of nitrogens with zero attached hydrogens (tertiary/aromatic N) is 7. The highest BCUT2D eigenvalue weighted by Crippen LogP contribution is 2.33. The fourth-order valence-corrected chi connectivity index (χ4v) is 5.09. The molecule has 9 heteroatoms. The van der Waals surface area contributed by atoms with Crippen LogP contribution < -0.4 is 9.64 Å². The van der Waals surface area contributed by atoms with Crippen LogP contribution in [0.3, 0.4) is 0 Å². The molecule has 4 heterocycles. The Balaban J connectivity index is 1.49. The molecular formula is C24H33N7O2. The monoisotopic (exact) mass is 451 g/mol. The summed E-state index contributed by atoms with van der Waals surface area (Å²) < 4.78 is 7.56. The quantitative estimate of drug-likeness (QED) is 0.609. The predicted molar refractivity (Wildman–Crippen MR) is 127 cm³/mol. The van der Waals surface area contributed by atoms with Crippen molar-refractivity contribution in [2.45, 2.75) is 38.5 Å². The third-order valence-corrected chi connectivity index (χ3v) is 6.95. The summed E-state index contributed by atoms with van der Waals surface area (Å²) in [6, 6.07) is 4.50. The van der Waals surface area contributed by atoms with E-state index < -0.39 is 0 Å². The van der Waals surface area contributed by atoms with Gasteiger partial charge in [0.2, 0.25) is 11.8 Å². The van der Waals surface area contributed by atoms with Crippen LogP contribution >= 0.6 is 0 Å². The Morgan fingerprint density at radius 3 is 2.79 bits per heavy atom. The van der Waals surface area contributed by atoms with Crippen LogP contribution in [0.25, 0.3) is 5.65 Å². The third-order valence-electron chi connectivity index (χ3n) is 6.95. The molecule has 9 nitrogen and oxygen atoms in total. The first-order valence-corrected chi connectivity index (χ1v) is 11.7. The van der Waals surface area contributed by atoms with Crippen LogP contribution in [0.5, 0.6) is 5.88 Å². The molecule has 0 spiro atoms. The van der Waals surface area contributed by atoms with Crippen LogP contribution in [0, 0.1) is 0 Å². The van der Waals surface area contributed by atoms with Gasteiger partial charge in [-0.1, -0.05) is 6.07 Å². The van der Waals surface area contributed by atoms with Gasteiger partial charge >= 0.3 is 0 Å². The molecule has 0 saturated carbocycles. The lowest BCUT2D eigenvalue weighted by Crippen LogP contribution is -2.45. The molecule has 0 amide bonds. The Bertz CT molecular complexity index is 1120. The molecule has 1 unspecified atom stereocenters. The lowest BCUT2D eigenvalue weighted by atomic mass is 9.91. The van der Waals surface area contributed by atoms with E-state index in [1.54, 1.807) is 7.11 Å². The van der Waals surface area contributed by atoms with E-state index in [-0.39, 0.29) is 12.6 Å². The molecule has 1 N–H and O–H groups in total. The molecule has 1 aliphatic carbocycles. The van der Waals surface area contributed by atoms with Crippen molar-refractivity contribution < 1.29 is 9.84 Å². The maximum atomic E-state index is 10.1. The zero-order valence-electron chi connectivity index (χ0n) is 19.7. The molecule has 1 aliphatic heterocycles. The number of methoxy groups -OCH3 is 1. The highest BCUT2D eigenvalue weighted by atomic mass is 16.5. The number of hydrogen-bond donors (Lipinski definition) is 1. The number of hydrogen-bond acceptors (Lipinski definition) is 8. The van der Waals surface area contributed by atoms with Crippen molar-refractivity contribution in [1.29, 1.82) is 0 Å². The molecule has 176 valence electrons. The highest BCUT2D eigenvalue weighted by molar-refractivity contribution is 5.59.